The molecule has 0 bridgehead atoms. The first-order chi connectivity index (χ1) is 17.6. The lowest BCUT2D eigenvalue weighted by Crippen LogP contribution is -2.46. The summed E-state index contributed by atoms with van der Waals surface area (Å²) in [6.45, 7) is 8.19. The van der Waals surface area contributed by atoms with Crippen molar-refractivity contribution in [1.29, 1.82) is 0 Å². The number of benzene rings is 1. The third kappa shape index (κ3) is 5.52. The van der Waals surface area contributed by atoms with Crippen LogP contribution in [-0.2, 0) is 9.47 Å². The number of carbonyl (C=O) groups is 1. The summed E-state index contributed by atoms with van der Waals surface area (Å²) in [4.78, 5) is 35.1. The molecule has 2 amide bonds. The monoisotopic (exact) mass is 490 g/mol. The third-order valence-electron chi connectivity index (χ3n) is 6.20. The Hall–Kier alpha value is -3.83. The van der Waals surface area contributed by atoms with E-state index >= 15 is 0 Å². The molecule has 1 aromatic carbocycles. The highest BCUT2D eigenvalue weighted by Gasteiger charge is 2.27. The molecule has 2 unspecified atom stereocenters. The Morgan fingerprint density at radius 2 is 1.33 bits per heavy atom. The number of nitrogens with zero attached hydrogens (tertiary/aromatic N) is 6. The summed E-state index contributed by atoms with van der Waals surface area (Å²) < 4.78 is 11.2. The molecule has 2 aromatic heterocycles. The van der Waals surface area contributed by atoms with Crippen molar-refractivity contribution in [2.24, 2.45) is 0 Å². The number of rotatable bonds is 5. The number of hydrogen-bond donors (Lipinski definition) is 2. The van der Waals surface area contributed by atoms with E-state index in [2.05, 4.69) is 39.3 Å². The van der Waals surface area contributed by atoms with Gasteiger partial charge >= 0.3 is 6.03 Å². The Morgan fingerprint density at radius 3 is 1.86 bits per heavy atom. The summed E-state index contributed by atoms with van der Waals surface area (Å²) in [5.74, 6) is 1.87. The van der Waals surface area contributed by atoms with Crippen LogP contribution in [0.15, 0.2) is 48.8 Å². The van der Waals surface area contributed by atoms with Crippen LogP contribution in [0.2, 0.25) is 0 Å². The summed E-state index contributed by atoms with van der Waals surface area (Å²) in [6, 6.07) is 10.9. The number of amides is 2. The Bertz CT molecular complexity index is 1140. The van der Waals surface area contributed by atoms with E-state index in [1.807, 2.05) is 24.3 Å². The zero-order valence-electron chi connectivity index (χ0n) is 20.4. The fraction of sp³-hybridized carbons (Fsp3) is 0.400. The fourth-order valence-corrected chi connectivity index (χ4v) is 4.22. The number of anilines is 4. The smallest absolute Gasteiger partial charge is 0.323 e. The lowest BCUT2D eigenvalue weighted by Gasteiger charge is -2.36. The number of carbonyl (C=O) groups excluding carboxylic acids is 1. The SMILES string of the molecule is CC1COCCN1c1nc(-c2ccc(NC(=O)Nc3ccncc3)cc2)nc(N2CCOCC2C)n1. The van der Waals surface area contributed by atoms with Crippen molar-refractivity contribution in [3.8, 4) is 11.4 Å². The largest absolute Gasteiger partial charge is 0.377 e. The van der Waals surface area contributed by atoms with E-state index in [1.54, 1.807) is 24.5 Å². The lowest BCUT2D eigenvalue weighted by atomic mass is 10.2. The van der Waals surface area contributed by atoms with Crippen LogP contribution < -0.4 is 20.4 Å². The van der Waals surface area contributed by atoms with Gasteiger partial charge in [-0.05, 0) is 50.2 Å². The predicted octanol–water partition coefficient (Wildman–Crippen LogP) is 3.03. The lowest BCUT2D eigenvalue weighted by molar-refractivity contribution is 0.0969. The molecule has 3 aromatic rings. The zero-order chi connectivity index (χ0) is 24.9. The number of hydrogen-bond acceptors (Lipinski definition) is 9. The molecular formula is C25H30N8O3. The number of nitrogens with one attached hydrogen (secondary N) is 2. The van der Waals surface area contributed by atoms with Crippen LogP contribution in [0.3, 0.4) is 0 Å². The Balaban J connectivity index is 1.39. The van der Waals surface area contributed by atoms with Crippen LogP contribution in [0.1, 0.15) is 13.8 Å². The van der Waals surface area contributed by atoms with E-state index in [9.17, 15) is 4.79 Å². The molecule has 0 aliphatic carbocycles. The van der Waals surface area contributed by atoms with Gasteiger partial charge in [0, 0.05) is 42.4 Å². The van der Waals surface area contributed by atoms with Gasteiger partial charge in [-0.25, -0.2) is 4.79 Å². The van der Waals surface area contributed by atoms with E-state index in [0.717, 1.165) is 18.7 Å². The average Bonchev–Trinajstić information content (AvgIpc) is 2.90. The highest BCUT2D eigenvalue weighted by Crippen LogP contribution is 2.26. The van der Waals surface area contributed by atoms with Crippen LogP contribution in [0.5, 0.6) is 0 Å². The average molecular weight is 491 g/mol. The van der Waals surface area contributed by atoms with Crippen LogP contribution in [0, 0.1) is 0 Å². The molecular weight excluding hydrogens is 460 g/mol. The molecule has 5 rings (SSSR count). The van der Waals surface area contributed by atoms with Crippen molar-refractivity contribution in [3.63, 3.8) is 0 Å². The highest BCUT2D eigenvalue weighted by molar-refractivity contribution is 5.99. The molecule has 2 N–H and O–H groups in total. The van der Waals surface area contributed by atoms with Gasteiger partial charge < -0.3 is 29.9 Å². The molecule has 11 heteroatoms. The molecule has 36 heavy (non-hydrogen) atoms. The molecule has 2 atom stereocenters. The van der Waals surface area contributed by atoms with Crippen molar-refractivity contribution in [1.82, 2.24) is 19.9 Å². The van der Waals surface area contributed by atoms with Gasteiger partial charge in [0.2, 0.25) is 11.9 Å². The summed E-state index contributed by atoms with van der Waals surface area (Å²) >= 11 is 0. The number of ether oxygens (including phenoxy) is 2. The molecule has 0 radical (unpaired) electrons. The van der Waals surface area contributed by atoms with Crippen LogP contribution in [-0.4, -0.2) is 77.6 Å². The first-order valence-corrected chi connectivity index (χ1v) is 12.1. The Morgan fingerprint density at radius 1 is 0.806 bits per heavy atom. The van der Waals surface area contributed by atoms with Crippen LogP contribution >= 0.6 is 0 Å². The normalized spacial score (nSPS) is 20.2. The number of aromatic nitrogens is 4. The van der Waals surface area contributed by atoms with Crippen LogP contribution in [0.4, 0.5) is 28.1 Å². The van der Waals surface area contributed by atoms with Crippen molar-refractivity contribution in [2.75, 3.05) is 60.0 Å². The molecule has 2 saturated heterocycles. The Kier molecular flexibility index (Phi) is 7.19. The summed E-state index contributed by atoms with van der Waals surface area (Å²) in [7, 11) is 0. The number of pyridine rings is 1. The zero-order valence-corrected chi connectivity index (χ0v) is 20.4. The van der Waals surface area contributed by atoms with Gasteiger partial charge in [-0.2, -0.15) is 15.0 Å². The molecule has 0 spiro atoms. The minimum atomic E-state index is -0.332. The molecule has 2 aliphatic heterocycles. The molecule has 4 heterocycles. The van der Waals surface area contributed by atoms with Crippen LogP contribution in [0.25, 0.3) is 11.4 Å². The number of morpholine rings is 2. The molecule has 2 aliphatic rings. The minimum absolute atomic E-state index is 0.162. The van der Waals surface area contributed by atoms with E-state index < -0.39 is 0 Å². The van der Waals surface area contributed by atoms with Gasteiger partial charge in [0.15, 0.2) is 5.82 Å². The van der Waals surface area contributed by atoms with E-state index in [1.165, 1.54) is 0 Å². The standard InChI is InChI=1S/C25H30N8O3/c1-17-15-35-13-11-32(17)23-29-22(30-24(31-23)33-12-14-36-16-18(33)2)19-3-5-20(6-4-19)27-25(34)28-21-7-9-26-10-8-21/h3-10,17-18H,11-16H2,1-2H3,(H2,26,27,28,34). The second-order valence-electron chi connectivity index (χ2n) is 8.89. The third-order valence-corrected chi connectivity index (χ3v) is 6.20. The molecule has 2 fully saturated rings. The molecule has 0 saturated carbocycles. The first kappa shape index (κ1) is 23.9. The van der Waals surface area contributed by atoms with E-state index in [4.69, 9.17) is 24.4 Å². The van der Waals surface area contributed by atoms with Gasteiger partial charge in [-0.15, -0.1) is 0 Å². The maximum absolute atomic E-state index is 12.3. The van der Waals surface area contributed by atoms with E-state index in [0.29, 0.717) is 55.5 Å². The minimum Gasteiger partial charge on any atom is -0.377 e. The molecule has 11 nitrogen and oxygen atoms in total. The summed E-state index contributed by atoms with van der Waals surface area (Å²) in [5.41, 5.74) is 2.16. The topological polar surface area (TPSA) is 118 Å². The van der Waals surface area contributed by atoms with Crippen molar-refractivity contribution < 1.29 is 14.3 Å². The predicted molar refractivity (Wildman–Crippen MR) is 137 cm³/mol. The quantitative estimate of drug-likeness (QED) is 0.556. The maximum atomic E-state index is 12.3. The maximum Gasteiger partial charge on any atom is 0.323 e. The van der Waals surface area contributed by atoms with Gasteiger partial charge in [0.25, 0.3) is 0 Å². The van der Waals surface area contributed by atoms with Gasteiger partial charge in [-0.3, -0.25) is 4.98 Å². The second kappa shape index (κ2) is 10.8. The van der Waals surface area contributed by atoms with Crippen molar-refractivity contribution in [3.05, 3.63) is 48.8 Å². The van der Waals surface area contributed by atoms with Crippen molar-refractivity contribution in [2.45, 2.75) is 25.9 Å². The second-order valence-corrected chi connectivity index (χ2v) is 8.89. The van der Waals surface area contributed by atoms with Gasteiger partial charge in [0.05, 0.1) is 38.5 Å². The first-order valence-electron chi connectivity index (χ1n) is 12.1. The summed E-state index contributed by atoms with van der Waals surface area (Å²) in [6.07, 6.45) is 3.24. The van der Waals surface area contributed by atoms with E-state index in [-0.39, 0.29) is 18.1 Å². The Labute approximate surface area is 209 Å². The van der Waals surface area contributed by atoms with Crippen molar-refractivity contribution >= 4 is 29.3 Å². The number of urea groups is 1. The highest BCUT2D eigenvalue weighted by atomic mass is 16.5. The summed E-state index contributed by atoms with van der Waals surface area (Å²) in [5, 5.41) is 5.62. The van der Waals surface area contributed by atoms with Gasteiger partial charge in [0.1, 0.15) is 0 Å². The molecule has 188 valence electrons. The van der Waals surface area contributed by atoms with Gasteiger partial charge in [-0.1, -0.05) is 0 Å². The fourth-order valence-electron chi connectivity index (χ4n) is 4.22.